The molecule has 6 nitrogen and oxygen atoms in total. The van der Waals surface area contributed by atoms with Gasteiger partial charge in [-0.1, -0.05) is 54.6 Å². The van der Waals surface area contributed by atoms with Crippen molar-refractivity contribution < 1.29 is 19.1 Å². The molecule has 1 saturated heterocycles. The molecule has 0 atom stereocenters. The zero-order valence-corrected chi connectivity index (χ0v) is 16.4. The second kappa shape index (κ2) is 9.13. The number of anilines is 1. The molecule has 0 saturated carbocycles. The van der Waals surface area contributed by atoms with E-state index in [1.807, 2.05) is 54.6 Å². The molecule has 2 amide bonds. The van der Waals surface area contributed by atoms with Crippen molar-refractivity contribution >= 4 is 17.7 Å². The number of ether oxygens (including phenoxy) is 2. The summed E-state index contributed by atoms with van der Waals surface area (Å²) in [5, 5.41) is 2.86. The Morgan fingerprint density at radius 1 is 1.00 bits per heavy atom. The fourth-order valence-electron chi connectivity index (χ4n) is 3.32. The first kappa shape index (κ1) is 19.5. The molecule has 30 heavy (non-hydrogen) atoms. The smallest absolute Gasteiger partial charge is 0.414 e. The van der Waals surface area contributed by atoms with Gasteiger partial charge < -0.3 is 14.8 Å². The molecule has 0 aromatic heterocycles. The number of hydrogen-bond acceptors (Lipinski definition) is 4. The second-order valence-corrected chi connectivity index (χ2v) is 6.78. The fourth-order valence-corrected chi connectivity index (χ4v) is 3.32. The molecule has 3 aromatic rings. The Labute approximate surface area is 175 Å². The van der Waals surface area contributed by atoms with E-state index in [1.54, 1.807) is 24.3 Å². The predicted octanol–water partition coefficient (Wildman–Crippen LogP) is 4.12. The second-order valence-electron chi connectivity index (χ2n) is 6.78. The molecule has 1 aliphatic rings. The van der Waals surface area contributed by atoms with Gasteiger partial charge in [0, 0.05) is 16.8 Å². The Balaban J connectivity index is 1.34. The van der Waals surface area contributed by atoms with E-state index < -0.39 is 6.09 Å². The van der Waals surface area contributed by atoms with Gasteiger partial charge in [-0.05, 0) is 29.8 Å². The van der Waals surface area contributed by atoms with Crippen molar-refractivity contribution in [3.63, 3.8) is 0 Å². The third-order valence-electron chi connectivity index (χ3n) is 4.80. The van der Waals surface area contributed by atoms with Crippen molar-refractivity contribution in [2.75, 3.05) is 31.2 Å². The highest BCUT2D eigenvalue weighted by molar-refractivity contribution is 5.97. The molecule has 1 fully saturated rings. The number of hydrogen-bond donors (Lipinski definition) is 1. The molecule has 152 valence electrons. The standard InChI is InChI=1S/C24H22N2O4/c27-23(19-9-6-10-20(17-19)26-14-16-30-24(26)28)25-13-15-29-22-12-5-4-11-21(22)18-7-2-1-3-8-18/h1-12,17H,13-16H2,(H,25,27). The lowest BCUT2D eigenvalue weighted by molar-refractivity contribution is 0.0947. The number of amides is 2. The number of carbonyl (C=O) groups excluding carboxylic acids is 2. The topological polar surface area (TPSA) is 67.9 Å². The lowest BCUT2D eigenvalue weighted by Crippen LogP contribution is -2.29. The zero-order valence-electron chi connectivity index (χ0n) is 16.4. The number of cyclic esters (lactones) is 1. The third kappa shape index (κ3) is 4.43. The van der Waals surface area contributed by atoms with Crippen molar-refractivity contribution in [2.45, 2.75) is 0 Å². The van der Waals surface area contributed by atoms with Crippen LogP contribution >= 0.6 is 0 Å². The maximum Gasteiger partial charge on any atom is 0.414 e. The van der Waals surface area contributed by atoms with Gasteiger partial charge in [0.05, 0.1) is 13.1 Å². The molecule has 3 aromatic carbocycles. The van der Waals surface area contributed by atoms with Crippen LogP contribution in [0.4, 0.5) is 10.5 Å². The SMILES string of the molecule is O=C(NCCOc1ccccc1-c1ccccc1)c1cccc(N2CCOC2=O)c1. The van der Waals surface area contributed by atoms with Crippen molar-refractivity contribution in [3.8, 4) is 16.9 Å². The average Bonchev–Trinajstić information content (AvgIpc) is 3.23. The average molecular weight is 402 g/mol. The minimum Gasteiger partial charge on any atom is -0.491 e. The number of rotatable bonds is 7. The minimum atomic E-state index is -0.391. The molecule has 1 heterocycles. The Bertz CT molecular complexity index is 1040. The van der Waals surface area contributed by atoms with E-state index in [9.17, 15) is 9.59 Å². The summed E-state index contributed by atoms with van der Waals surface area (Å²) in [7, 11) is 0. The summed E-state index contributed by atoms with van der Waals surface area (Å²) in [5.41, 5.74) is 3.22. The number of nitrogens with zero attached hydrogens (tertiary/aromatic N) is 1. The highest BCUT2D eigenvalue weighted by Gasteiger charge is 2.24. The van der Waals surface area contributed by atoms with E-state index in [-0.39, 0.29) is 5.91 Å². The maximum atomic E-state index is 12.5. The molecule has 0 aliphatic carbocycles. The van der Waals surface area contributed by atoms with E-state index in [1.165, 1.54) is 4.90 Å². The van der Waals surface area contributed by atoms with E-state index in [4.69, 9.17) is 9.47 Å². The van der Waals surface area contributed by atoms with Crippen LogP contribution in [0, 0.1) is 0 Å². The summed E-state index contributed by atoms with van der Waals surface area (Å²) in [6.07, 6.45) is -0.391. The molecular weight excluding hydrogens is 380 g/mol. The summed E-state index contributed by atoms with van der Waals surface area (Å²) >= 11 is 0. The van der Waals surface area contributed by atoms with Gasteiger partial charge in [0.2, 0.25) is 0 Å². The van der Waals surface area contributed by atoms with Crippen LogP contribution in [-0.4, -0.2) is 38.3 Å². The number of benzene rings is 3. The van der Waals surface area contributed by atoms with Crippen LogP contribution in [0.1, 0.15) is 10.4 Å². The van der Waals surface area contributed by atoms with Gasteiger partial charge in [0.1, 0.15) is 19.0 Å². The number of carbonyl (C=O) groups is 2. The largest absolute Gasteiger partial charge is 0.491 e. The van der Waals surface area contributed by atoms with Crippen LogP contribution in [0.3, 0.4) is 0 Å². The van der Waals surface area contributed by atoms with E-state index in [0.717, 1.165) is 16.9 Å². The summed E-state index contributed by atoms with van der Waals surface area (Å²) in [4.78, 5) is 25.7. The predicted molar refractivity (Wildman–Crippen MR) is 115 cm³/mol. The quantitative estimate of drug-likeness (QED) is 0.604. The van der Waals surface area contributed by atoms with Crippen LogP contribution in [0.25, 0.3) is 11.1 Å². The van der Waals surface area contributed by atoms with Gasteiger partial charge in [-0.2, -0.15) is 0 Å². The van der Waals surface area contributed by atoms with Crippen LogP contribution < -0.4 is 15.0 Å². The Kier molecular flexibility index (Phi) is 5.94. The van der Waals surface area contributed by atoms with Crippen molar-refractivity contribution in [1.82, 2.24) is 5.32 Å². The summed E-state index contributed by atoms with van der Waals surface area (Å²) < 4.78 is 10.9. The fraction of sp³-hybridized carbons (Fsp3) is 0.167. The lowest BCUT2D eigenvalue weighted by atomic mass is 10.1. The summed E-state index contributed by atoms with van der Waals surface area (Å²) in [6.45, 7) is 1.54. The van der Waals surface area contributed by atoms with Crippen molar-refractivity contribution in [3.05, 3.63) is 84.4 Å². The van der Waals surface area contributed by atoms with Gasteiger partial charge in [-0.25, -0.2) is 4.79 Å². The van der Waals surface area contributed by atoms with Crippen LogP contribution in [0.5, 0.6) is 5.75 Å². The number of para-hydroxylation sites is 1. The van der Waals surface area contributed by atoms with Crippen molar-refractivity contribution in [2.24, 2.45) is 0 Å². The monoisotopic (exact) mass is 402 g/mol. The lowest BCUT2D eigenvalue weighted by Gasteiger charge is -2.14. The molecule has 1 aliphatic heterocycles. The Hall–Kier alpha value is -3.80. The molecule has 0 bridgehead atoms. The van der Waals surface area contributed by atoms with E-state index in [0.29, 0.717) is 37.6 Å². The highest BCUT2D eigenvalue weighted by Crippen LogP contribution is 2.29. The third-order valence-corrected chi connectivity index (χ3v) is 4.80. The normalized spacial score (nSPS) is 13.1. The first-order valence-corrected chi connectivity index (χ1v) is 9.82. The van der Waals surface area contributed by atoms with Crippen LogP contribution in [0.2, 0.25) is 0 Å². The molecule has 0 spiro atoms. The zero-order chi connectivity index (χ0) is 20.8. The molecule has 4 rings (SSSR count). The van der Waals surface area contributed by atoms with Gasteiger partial charge in [-0.3, -0.25) is 9.69 Å². The van der Waals surface area contributed by atoms with Gasteiger partial charge in [-0.15, -0.1) is 0 Å². The highest BCUT2D eigenvalue weighted by atomic mass is 16.6. The van der Waals surface area contributed by atoms with Crippen LogP contribution in [-0.2, 0) is 4.74 Å². The first-order chi connectivity index (χ1) is 14.7. The Morgan fingerprint density at radius 3 is 2.60 bits per heavy atom. The summed E-state index contributed by atoms with van der Waals surface area (Å²) in [6, 6.07) is 24.8. The Morgan fingerprint density at radius 2 is 1.80 bits per heavy atom. The van der Waals surface area contributed by atoms with Crippen molar-refractivity contribution in [1.29, 1.82) is 0 Å². The molecule has 0 unspecified atom stereocenters. The van der Waals surface area contributed by atoms with Gasteiger partial charge >= 0.3 is 6.09 Å². The van der Waals surface area contributed by atoms with E-state index >= 15 is 0 Å². The van der Waals surface area contributed by atoms with Gasteiger partial charge in [0.15, 0.2) is 0 Å². The number of nitrogens with one attached hydrogen (secondary N) is 1. The molecular formula is C24H22N2O4. The molecule has 6 heteroatoms. The minimum absolute atomic E-state index is 0.218. The maximum absolute atomic E-state index is 12.5. The first-order valence-electron chi connectivity index (χ1n) is 9.82. The molecule has 0 radical (unpaired) electrons. The van der Waals surface area contributed by atoms with Crippen LogP contribution in [0.15, 0.2) is 78.9 Å². The molecule has 1 N–H and O–H groups in total. The summed E-state index contributed by atoms with van der Waals surface area (Å²) in [5.74, 6) is 0.553. The van der Waals surface area contributed by atoms with E-state index in [2.05, 4.69) is 5.32 Å². The van der Waals surface area contributed by atoms with Gasteiger partial charge in [0.25, 0.3) is 5.91 Å².